The van der Waals surface area contributed by atoms with Gasteiger partial charge in [0.15, 0.2) is 5.13 Å². The molecule has 3 aromatic rings. The monoisotopic (exact) mass is 417 g/mol. The number of nitriles is 1. The van der Waals surface area contributed by atoms with Crippen LogP contribution in [0.2, 0.25) is 0 Å². The summed E-state index contributed by atoms with van der Waals surface area (Å²) < 4.78 is 5.71. The van der Waals surface area contributed by atoms with Gasteiger partial charge in [-0.2, -0.15) is 5.26 Å². The maximum atomic E-state index is 12.7. The second-order valence-electron chi connectivity index (χ2n) is 6.80. The van der Waals surface area contributed by atoms with Crippen molar-refractivity contribution >= 4 is 28.5 Å². The lowest BCUT2D eigenvalue weighted by molar-refractivity contribution is -0.112. The summed E-state index contributed by atoms with van der Waals surface area (Å²) in [5.74, 6) is 0.152. The summed E-state index contributed by atoms with van der Waals surface area (Å²) in [5, 5.41) is 12.7. The van der Waals surface area contributed by atoms with Gasteiger partial charge >= 0.3 is 0 Å². The molecule has 0 radical (unpaired) electrons. The lowest BCUT2D eigenvalue weighted by atomic mass is 10.1. The van der Waals surface area contributed by atoms with Crippen LogP contribution < -0.4 is 10.1 Å². The Morgan fingerprint density at radius 3 is 2.63 bits per heavy atom. The number of ether oxygens (including phenoxy) is 1. The predicted octanol–water partition coefficient (Wildman–Crippen LogP) is 5.76. The van der Waals surface area contributed by atoms with Crippen LogP contribution in [0.1, 0.15) is 29.3 Å². The molecule has 0 saturated carbocycles. The van der Waals surface area contributed by atoms with Gasteiger partial charge < -0.3 is 4.74 Å². The molecule has 0 unspecified atom stereocenters. The third-order valence-corrected chi connectivity index (χ3v) is 5.27. The van der Waals surface area contributed by atoms with E-state index in [1.807, 2.05) is 75.4 Å². The molecule has 30 heavy (non-hydrogen) atoms. The zero-order valence-corrected chi connectivity index (χ0v) is 18.0. The van der Waals surface area contributed by atoms with Crippen LogP contribution in [-0.2, 0) is 4.79 Å². The Kier molecular flexibility index (Phi) is 6.99. The Balaban J connectivity index is 1.81. The fraction of sp³-hybridized carbons (Fsp3) is 0.208. The number of anilines is 1. The van der Waals surface area contributed by atoms with Crippen molar-refractivity contribution in [2.45, 2.75) is 27.2 Å². The van der Waals surface area contributed by atoms with E-state index in [4.69, 9.17) is 4.74 Å². The molecule has 5 nitrogen and oxygen atoms in total. The van der Waals surface area contributed by atoms with Crippen molar-refractivity contribution in [1.82, 2.24) is 4.98 Å². The van der Waals surface area contributed by atoms with Crippen LogP contribution in [0.15, 0.2) is 54.1 Å². The molecule has 3 rings (SSSR count). The van der Waals surface area contributed by atoms with E-state index in [9.17, 15) is 10.1 Å². The molecule has 1 heterocycles. The number of carbonyl (C=O) groups is 1. The number of benzene rings is 2. The molecule has 0 spiro atoms. The Labute approximate surface area is 180 Å². The number of carbonyl (C=O) groups excluding carboxylic acids is 1. The summed E-state index contributed by atoms with van der Waals surface area (Å²) in [4.78, 5) is 18.3. The molecule has 1 amide bonds. The van der Waals surface area contributed by atoms with Crippen LogP contribution in [0.3, 0.4) is 0 Å². The van der Waals surface area contributed by atoms with Crippen molar-refractivity contribution in [3.63, 3.8) is 0 Å². The van der Waals surface area contributed by atoms with Gasteiger partial charge in [-0.1, -0.05) is 55.0 Å². The summed E-state index contributed by atoms with van der Waals surface area (Å²) in [6, 6.07) is 17.4. The van der Waals surface area contributed by atoms with E-state index in [0.717, 1.165) is 22.6 Å². The zero-order valence-electron chi connectivity index (χ0n) is 17.2. The maximum Gasteiger partial charge on any atom is 0.268 e. The highest BCUT2D eigenvalue weighted by Crippen LogP contribution is 2.31. The third-order valence-electron chi connectivity index (χ3n) is 4.39. The van der Waals surface area contributed by atoms with E-state index in [2.05, 4.69) is 10.3 Å². The van der Waals surface area contributed by atoms with Gasteiger partial charge in [0.1, 0.15) is 17.4 Å². The predicted molar refractivity (Wildman–Crippen MR) is 121 cm³/mol. The first-order chi connectivity index (χ1) is 14.5. The van der Waals surface area contributed by atoms with Gasteiger partial charge in [-0.3, -0.25) is 10.1 Å². The Morgan fingerprint density at radius 2 is 1.93 bits per heavy atom. The standard InChI is InChI=1S/C24H23N3O2S/c1-4-13-29-21-8-6-5-7-19(21)14-20(15-25)23(28)27-24-26-22(17(3)30-24)18-11-9-16(2)10-12-18/h5-12,14H,4,13H2,1-3H3,(H,26,27,28)/b20-14+. The molecular formula is C24H23N3O2S. The highest BCUT2D eigenvalue weighted by Gasteiger charge is 2.15. The number of aryl methyl sites for hydroxylation is 2. The van der Waals surface area contributed by atoms with Gasteiger partial charge in [-0.25, -0.2) is 4.98 Å². The first-order valence-electron chi connectivity index (χ1n) is 9.71. The number of aromatic nitrogens is 1. The summed E-state index contributed by atoms with van der Waals surface area (Å²) in [6.45, 7) is 6.59. The summed E-state index contributed by atoms with van der Waals surface area (Å²) in [5.41, 5.74) is 3.68. The molecule has 0 saturated heterocycles. The van der Waals surface area contributed by atoms with Gasteiger partial charge in [0.2, 0.25) is 0 Å². The summed E-state index contributed by atoms with van der Waals surface area (Å²) in [6.07, 6.45) is 2.41. The highest BCUT2D eigenvalue weighted by atomic mass is 32.1. The lowest BCUT2D eigenvalue weighted by Gasteiger charge is -2.08. The molecule has 0 aliphatic carbocycles. The van der Waals surface area contributed by atoms with E-state index in [0.29, 0.717) is 23.1 Å². The third kappa shape index (κ3) is 5.13. The molecule has 6 heteroatoms. The second kappa shape index (κ2) is 9.86. The summed E-state index contributed by atoms with van der Waals surface area (Å²) in [7, 11) is 0. The van der Waals surface area contributed by atoms with Crippen molar-refractivity contribution in [3.05, 3.63) is 70.1 Å². The fourth-order valence-electron chi connectivity index (χ4n) is 2.84. The van der Waals surface area contributed by atoms with Crippen LogP contribution in [0, 0.1) is 25.2 Å². The van der Waals surface area contributed by atoms with Gasteiger partial charge in [0.05, 0.1) is 12.3 Å². The number of nitrogens with one attached hydrogen (secondary N) is 1. The first-order valence-corrected chi connectivity index (χ1v) is 10.5. The molecule has 0 fully saturated rings. The van der Waals surface area contributed by atoms with Crippen LogP contribution in [-0.4, -0.2) is 17.5 Å². The lowest BCUT2D eigenvalue weighted by Crippen LogP contribution is -2.13. The number of para-hydroxylation sites is 1. The van der Waals surface area contributed by atoms with Gasteiger partial charge in [-0.15, -0.1) is 11.3 Å². The minimum Gasteiger partial charge on any atom is -0.493 e. The van der Waals surface area contributed by atoms with Crippen LogP contribution in [0.5, 0.6) is 5.75 Å². The van der Waals surface area contributed by atoms with Gasteiger partial charge in [0, 0.05) is 16.0 Å². The van der Waals surface area contributed by atoms with E-state index in [-0.39, 0.29) is 5.57 Å². The van der Waals surface area contributed by atoms with Crippen molar-refractivity contribution < 1.29 is 9.53 Å². The van der Waals surface area contributed by atoms with Crippen molar-refractivity contribution in [2.75, 3.05) is 11.9 Å². The van der Waals surface area contributed by atoms with Crippen molar-refractivity contribution in [1.29, 1.82) is 5.26 Å². The number of nitrogens with zero attached hydrogens (tertiary/aromatic N) is 2. The number of hydrogen-bond donors (Lipinski definition) is 1. The Bertz CT molecular complexity index is 1110. The second-order valence-corrected chi connectivity index (χ2v) is 8.00. The van der Waals surface area contributed by atoms with E-state index >= 15 is 0 Å². The maximum absolute atomic E-state index is 12.7. The Morgan fingerprint density at radius 1 is 1.20 bits per heavy atom. The summed E-state index contributed by atoms with van der Waals surface area (Å²) >= 11 is 1.39. The SMILES string of the molecule is CCCOc1ccccc1/C=C(\C#N)C(=O)Nc1nc(-c2ccc(C)cc2)c(C)s1. The number of amides is 1. The average Bonchev–Trinajstić information content (AvgIpc) is 3.11. The quantitative estimate of drug-likeness (QED) is 0.392. The number of hydrogen-bond acceptors (Lipinski definition) is 5. The highest BCUT2D eigenvalue weighted by molar-refractivity contribution is 7.16. The average molecular weight is 418 g/mol. The van der Waals surface area contributed by atoms with Gasteiger partial charge in [-0.05, 0) is 32.4 Å². The van der Waals surface area contributed by atoms with Gasteiger partial charge in [0.25, 0.3) is 5.91 Å². The molecule has 0 aliphatic rings. The molecule has 1 N–H and O–H groups in total. The zero-order chi connectivity index (χ0) is 21.5. The molecular weight excluding hydrogens is 394 g/mol. The smallest absolute Gasteiger partial charge is 0.268 e. The topological polar surface area (TPSA) is 75.0 Å². The normalized spacial score (nSPS) is 11.1. The number of rotatable bonds is 7. The molecule has 152 valence electrons. The molecule has 1 aromatic heterocycles. The molecule has 0 bridgehead atoms. The number of thiazole rings is 1. The minimum absolute atomic E-state index is 0.00714. The van der Waals surface area contributed by atoms with Crippen LogP contribution in [0.25, 0.3) is 17.3 Å². The van der Waals surface area contributed by atoms with Crippen molar-refractivity contribution in [3.8, 4) is 23.1 Å². The first kappa shape index (κ1) is 21.3. The molecule has 0 aliphatic heterocycles. The largest absolute Gasteiger partial charge is 0.493 e. The Hall–Kier alpha value is -3.43. The van der Waals surface area contributed by atoms with Crippen LogP contribution >= 0.6 is 11.3 Å². The minimum atomic E-state index is -0.494. The van der Waals surface area contributed by atoms with E-state index in [1.54, 1.807) is 6.08 Å². The van der Waals surface area contributed by atoms with Crippen LogP contribution in [0.4, 0.5) is 5.13 Å². The molecule has 2 aromatic carbocycles. The molecule has 0 atom stereocenters. The van der Waals surface area contributed by atoms with E-state index < -0.39 is 5.91 Å². The fourth-order valence-corrected chi connectivity index (χ4v) is 3.67. The van der Waals surface area contributed by atoms with Crippen molar-refractivity contribution in [2.24, 2.45) is 0 Å². The van der Waals surface area contributed by atoms with E-state index in [1.165, 1.54) is 16.9 Å².